The quantitative estimate of drug-likeness (QED) is 0.382. The van der Waals surface area contributed by atoms with Crippen LogP contribution in [0.5, 0.6) is 5.88 Å². The highest BCUT2D eigenvalue weighted by Crippen LogP contribution is 2.37. The number of nitrogens with zero attached hydrogens (tertiary/aromatic N) is 4. The number of aliphatic imine (C=N–C) groups is 1. The standard InChI is InChI=1S/C21H21ClF3N7O2/c1-11-7-14(27-2)18(28-3)16(19(26)33)17(11)30-9-12-8-15(34-10-21(23,24)25)31-32(12)20-13(22)5-4-6-29-20/h4-8,28,30H,2,9-10H2,1,3H3,(H2,26,33). The number of halogens is 4. The van der Waals surface area contributed by atoms with Gasteiger partial charge in [-0.3, -0.25) is 9.79 Å². The minimum absolute atomic E-state index is 0.0143. The molecule has 0 spiro atoms. The lowest BCUT2D eigenvalue weighted by molar-refractivity contribution is -0.154. The maximum Gasteiger partial charge on any atom is 0.422 e. The Kier molecular flexibility index (Phi) is 7.30. The molecule has 0 aliphatic carbocycles. The van der Waals surface area contributed by atoms with Crippen molar-refractivity contribution in [2.24, 2.45) is 10.7 Å². The fourth-order valence-electron chi connectivity index (χ4n) is 3.29. The average Bonchev–Trinajstić information content (AvgIpc) is 3.18. The van der Waals surface area contributed by atoms with Gasteiger partial charge in [-0.1, -0.05) is 11.6 Å². The van der Waals surface area contributed by atoms with Crippen LogP contribution in [0.25, 0.3) is 5.82 Å². The van der Waals surface area contributed by atoms with E-state index < -0.39 is 18.7 Å². The molecule has 1 aromatic carbocycles. The summed E-state index contributed by atoms with van der Waals surface area (Å²) >= 11 is 6.22. The van der Waals surface area contributed by atoms with Gasteiger partial charge in [-0.2, -0.15) is 13.2 Å². The number of primary amides is 1. The molecule has 1 amide bonds. The summed E-state index contributed by atoms with van der Waals surface area (Å²) in [7, 11) is 1.61. The van der Waals surface area contributed by atoms with E-state index in [4.69, 9.17) is 22.1 Å². The summed E-state index contributed by atoms with van der Waals surface area (Å²) < 4.78 is 44.0. The van der Waals surface area contributed by atoms with Crippen molar-refractivity contribution in [3.63, 3.8) is 0 Å². The zero-order valence-electron chi connectivity index (χ0n) is 18.2. The second-order valence-electron chi connectivity index (χ2n) is 7.06. The van der Waals surface area contributed by atoms with Crippen molar-refractivity contribution >= 4 is 41.3 Å². The van der Waals surface area contributed by atoms with Crippen molar-refractivity contribution in [2.45, 2.75) is 19.6 Å². The molecule has 0 saturated heterocycles. The van der Waals surface area contributed by atoms with Crippen LogP contribution in [0.1, 0.15) is 21.6 Å². The Hall–Kier alpha value is -3.80. The summed E-state index contributed by atoms with van der Waals surface area (Å²) in [4.78, 5) is 20.3. The van der Waals surface area contributed by atoms with E-state index in [0.717, 1.165) is 0 Å². The molecule has 2 heterocycles. The van der Waals surface area contributed by atoms with Gasteiger partial charge in [-0.15, -0.1) is 5.10 Å². The number of hydrogen-bond donors (Lipinski definition) is 3. The van der Waals surface area contributed by atoms with Crippen LogP contribution in [0.2, 0.25) is 5.02 Å². The first-order valence-corrected chi connectivity index (χ1v) is 10.2. The number of pyridine rings is 1. The van der Waals surface area contributed by atoms with Crippen molar-refractivity contribution in [2.75, 3.05) is 24.3 Å². The van der Waals surface area contributed by atoms with Gasteiger partial charge in [-0.05, 0) is 37.4 Å². The Morgan fingerprint density at radius 3 is 2.68 bits per heavy atom. The number of aryl methyl sites for hydroxylation is 1. The minimum atomic E-state index is -4.54. The van der Waals surface area contributed by atoms with Gasteiger partial charge in [-0.25, -0.2) is 9.67 Å². The van der Waals surface area contributed by atoms with Gasteiger partial charge in [0.2, 0.25) is 5.88 Å². The van der Waals surface area contributed by atoms with Crippen LogP contribution < -0.4 is 21.1 Å². The van der Waals surface area contributed by atoms with Crippen molar-refractivity contribution in [3.8, 4) is 11.7 Å². The largest absolute Gasteiger partial charge is 0.467 e. The lowest BCUT2D eigenvalue weighted by atomic mass is 10.0. The molecular weight excluding hydrogens is 475 g/mol. The number of nitrogens with two attached hydrogens (primary N) is 1. The van der Waals surface area contributed by atoms with E-state index in [-0.39, 0.29) is 28.8 Å². The monoisotopic (exact) mass is 495 g/mol. The van der Waals surface area contributed by atoms with Gasteiger partial charge < -0.3 is 21.1 Å². The summed E-state index contributed by atoms with van der Waals surface area (Å²) in [6, 6.07) is 6.19. The number of benzene rings is 1. The number of rotatable bonds is 9. The highest BCUT2D eigenvalue weighted by molar-refractivity contribution is 6.32. The number of hydrogen-bond acceptors (Lipinski definition) is 7. The SMILES string of the molecule is C=Nc1cc(C)c(NCc2cc(OCC(F)(F)F)nn2-c2ncccc2Cl)c(C(N)=O)c1NC. The van der Waals surface area contributed by atoms with Gasteiger partial charge >= 0.3 is 6.18 Å². The Bertz CT molecular complexity index is 1230. The second kappa shape index (κ2) is 10.00. The zero-order valence-corrected chi connectivity index (χ0v) is 19.0. The van der Waals surface area contributed by atoms with Gasteiger partial charge in [0.15, 0.2) is 12.4 Å². The van der Waals surface area contributed by atoms with Gasteiger partial charge in [0.1, 0.15) is 0 Å². The molecule has 13 heteroatoms. The third-order valence-electron chi connectivity index (χ3n) is 4.70. The van der Waals surface area contributed by atoms with Crippen LogP contribution in [-0.4, -0.2) is 47.2 Å². The van der Waals surface area contributed by atoms with Crippen molar-refractivity contribution in [1.29, 1.82) is 0 Å². The average molecular weight is 496 g/mol. The van der Waals surface area contributed by atoms with E-state index in [0.29, 0.717) is 28.3 Å². The third kappa shape index (κ3) is 5.39. The second-order valence-corrected chi connectivity index (χ2v) is 7.47. The first-order chi connectivity index (χ1) is 16.1. The van der Waals surface area contributed by atoms with E-state index in [1.165, 1.54) is 16.9 Å². The summed E-state index contributed by atoms with van der Waals surface area (Å²) in [5.41, 5.74) is 8.01. The summed E-state index contributed by atoms with van der Waals surface area (Å²) in [5.74, 6) is -0.794. The maximum absolute atomic E-state index is 12.6. The number of aromatic nitrogens is 3. The first-order valence-electron chi connectivity index (χ1n) is 9.80. The molecule has 0 unspecified atom stereocenters. The third-order valence-corrected chi connectivity index (χ3v) is 5.00. The minimum Gasteiger partial charge on any atom is -0.467 e. The number of nitrogens with one attached hydrogen (secondary N) is 2. The topological polar surface area (TPSA) is 119 Å². The van der Waals surface area contributed by atoms with E-state index in [2.05, 4.69) is 32.4 Å². The van der Waals surface area contributed by atoms with Crippen molar-refractivity contribution in [1.82, 2.24) is 14.8 Å². The lowest BCUT2D eigenvalue weighted by Crippen LogP contribution is -2.19. The molecule has 9 nitrogen and oxygen atoms in total. The molecule has 34 heavy (non-hydrogen) atoms. The summed E-state index contributed by atoms with van der Waals surface area (Å²) in [6.07, 6.45) is -3.07. The zero-order chi connectivity index (χ0) is 25.0. The van der Waals surface area contributed by atoms with E-state index in [1.54, 1.807) is 32.2 Å². The van der Waals surface area contributed by atoms with Crippen LogP contribution in [0, 0.1) is 6.92 Å². The molecule has 0 fully saturated rings. The van der Waals surface area contributed by atoms with Crippen LogP contribution >= 0.6 is 11.6 Å². The molecule has 0 saturated carbocycles. The smallest absolute Gasteiger partial charge is 0.422 e. The molecular formula is C21H21ClF3N7O2. The molecule has 2 aromatic heterocycles. The molecule has 180 valence electrons. The fourth-order valence-corrected chi connectivity index (χ4v) is 3.50. The van der Waals surface area contributed by atoms with Crippen molar-refractivity contribution < 1.29 is 22.7 Å². The van der Waals surface area contributed by atoms with Crippen LogP contribution in [0.3, 0.4) is 0 Å². The molecule has 3 rings (SSSR count). The Morgan fingerprint density at radius 2 is 2.09 bits per heavy atom. The number of amides is 1. The maximum atomic E-state index is 12.6. The predicted molar refractivity (Wildman–Crippen MR) is 124 cm³/mol. The molecule has 0 atom stereocenters. The van der Waals surface area contributed by atoms with Crippen LogP contribution in [0.4, 0.5) is 30.2 Å². The summed E-state index contributed by atoms with van der Waals surface area (Å²) in [5, 5.41) is 10.3. The first kappa shape index (κ1) is 24.8. The number of carbonyl (C=O) groups excluding carboxylic acids is 1. The van der Waals surface area contributed by atoms with Gasteiger partial charge in [0.05, 0.1) is 39.9 Å². The number of alkyl halides is 3. The number of ether oxygens (including phenoxy) is 1. The lowest BCUT2D eigenvalue weighted by Gasteiger charge is -2.19. The van der Waals surface area contributed by atoms with E-state index >= 15 is 0 Å². The Labute approximate surface area is 197 Å². The normalized spacial score (nSPS) is 11.2. The van der Waals surface area contributed by atoms with Gasteiger partial charge in [0, 0.05) is 19.3 Å². The molecule has 3 aromatic rings. The predicted octanol–water partition coefficient (Wildman–Crippen LogP) is 4.26. The van der Waals surface area contributed by atoms with E-state index in [1.807, 2.05) is 0 Å². The molecule has 0 aliphatic heterocycles. The highest BCUT2D eigenvalue weighted by atomic mass is 35.5. The van der Waals surface area contributed by atoms with E-state index in [9.17, 15) is 18.0 Å². The Morgan fingerprint density at radius 1 is 1.35 bits per heavy atom. The van der Waals surface area contributed by atoms with Crippen LogP contribution in [0.15, 0.2) is 35.5 Å². The van der Waals surface area contributed by atoms with Crippen LogP contribution in [-0.2, 0) is 6.54 Å². The number of carbonyl (C=O) groups is 1. The highest BCUT2D eigenvalue weighted by Gasteiger charge is 2.29. The number of anilines is 2. The molecule has 4 N–H and O–H groups in total. The molecule has 0 radical (unpaired) electrons. The molecule has 0 aliphatic rings. The van der Waals surface area contributed by atoms with Crippen molar-refractivity contribution in [3.05, 3.63) is 52.3 Å². The Balaban J connectivity index is 2.03. The van der Waals surface area contributed by atoms with Gasteiger partial charge in [0.25, 0.3) is 5.91 Å². The summed E-state index contributed by atoms with van der Waals surface area (Å²) in [6.45, 7) is 3.75. The fraction of sp³-hybridized carbons (Fsp3) is 0.238. The molecule has 0 bridgehead atoms.